The summed E-state index contributed by atoms with van der Waals surface area (Å²) >= 11 is 0. The second-order valence-electron chi connectivity index (χ2n) is 5.68. The Kier molecular flexibility index (Phi) is 4.57. The van der Waals surface area contributed by atoms with Gasteiger partial charge >= 0.3 is 0 Å². The van der Waals surface area contributed by atoms with E-state index >= 15 is 0 Å². The number of rotatable bonds is 4. The van der Waals surface area contributed by atoms with Crippen LogP contribution in [-0.4, -0.2) is 52.8 Å². The molecule has 0 bridgehead atoms. The van der Waals surface area contributed by atoms with Crippen LogP contribution in [0, 0.1) is 6.92 Å². The highest BCUT2D eigenvalue weighted by Crippen LogP contribution is 2.20. The van der Waals surface area contributed by atoms with E-state index in [1.165, 1.54) is 5.69 Å². The molecule has 7 heteroatoms. The van der Waals surface area contributed by atoms with Crippen LogP contribution >= 0.6 is 0 Å². The summed E-state index contributed by atoms with van der Waals surface area (Å²) in [6.07, 6.45) is 0. The Morgan fingerprint density at radius 2 is 1.83 bits per heavy atom. The van der Waals surface area contributed by atoms with Gasteiger partial charge in [0.05, 0.1) is 0 Å². The minimum absolute atomic E-state index is 0.229. The van der Waals surface area contributed by atoms with Gasteiger partial charge in [-0.1, -0.05) is 6.92 Å². The van der Waals surface area contributed by atoms with E-state index in [9.17, 15) is 4.79 Å². The van der Waals surface area contributed by atoms with Crippen molar-refractivity contribution in [2.45, 2.75) is 13.8 Å². The molecule has 2 N–H and O–H groups in total. The van der Waals surface area contributed by atoms with Crippen LogP contribution in [0.5, 0.6) is 0 Å². The number of aromatic amines is 1. The van der Waals surface area contributed by atoms with Gasteiger partial charge in [0, 0.05) is 37.6 Å². The number of benzene rings is 1. The first-order valence-electron chi connectivity index (χ1n) is 7.93. The Bertz CT molecular complexity index is 703. The van der Waals surface area contributed by atoms with Gasteiger partial charge in [0.2, 0.25) is 5.95 Å². The lowest BCUT2D eigenvalue weighted by molar-refractivity contribution is 0.271. The number of piperazine rings is 1. The number of hydrogen-bond donors (Lipinski definition) is 2. The summed E-state index contributed by atoms with van der Waals surface area (Å²) in [4.78, 5) is 19.0. The van der Waals surface area contributed by atoms with Crippen LogP contribution in [0.2, 0.25) is 0 Å². The molecule has 1 saturated heterocycles. The Labute approximate surface area is 135 Å². The highest BCUT2D eigenvalue weighted by Gasteiger charge is 2.15. The summed E-state index contributed by atoms with van der Waals surface area (Å²) in [6, 6.07) is 8.15. The van der Waals surface area contributed by atoms with Crippen molar-refractivity contribution >= 4 is 17.3 Å². The smallest absolute Gasteiger partial charge is 0.273 e. The molecule has 3 rings (SSSR count). The minimum Gasteiger partial charge on any atom is -0.369 e. The molecule has 1 aromatic heterocycles. The quantitative estimate of drug-likeness (QED) is 0.887. The fraction of sp³-hybridized carbons (Fsp3) is 0.438. The highest BCUT2D eigenvalue weighted by atomic mass is 16.1. The lowest BCUT2D eigenvalue weighted by Crippen LogP contribution is -2.46. The zero-order valence-electron chi connectivity index (χ0n) is 13.5. The van der Waals surface area contributed by atoms with Crippen molar-refractivity contribution in [2.24, 2.45) is 0 Å². The Balaban J connectivity index is 1.65. The van der Waals surface area contributed by atoms with Gasteiger partial charge in [-0.05, 0) is 37.7 Å². The van der Waals surface area contributed by atoms with Gasteiger partial charge in [0.15, 0.2) is 0 Å². The van der Waals surface area contributed by atoms with Gasteiger partial charge in [0.1, 0.15) is 5.69 Å². The van der Waals surface area contributed by atoms with Gasteiger partial charge in [-0.3, -0.25) is 9.78 Å². The van der Waals surface area contributed by atoms with Crippen molar-refractivity contribution in [3.05, 3.63) is 40.3 Å². The van der Waals surface area contributed by atoms with E-state index in [1.54, 1.807) is 6.92 Å². The summed E-state index contributed by atoms with van der Waals surface area (Å²) in [5.74, 6) is 0.352. The first-order valence-corrected chi connectivity index (χ1v) is 7.93. The molecule has 0 amide bonds. The molecule has 0 saturated carbocycles. The topological polar surface area (TPSA) is 77.2 Å². The molecule has 7 nitrogen and oxygen atoms in total. The monoisotopic (exact) mass is 314 g/mol. The SMILES string of the molecule is CCN1CCN(c2ccc(Nc3nnc(C)c(=O)[nH]3)cc2)CC1. The Morgan fingerprint density at radius 3 is 2.43 bits per heavy atom. The van der Waals surface area contributed by atoms with Crippen molar-refractivity contribution in [2.75, 3.05) is 42.9 Å². The van der Waals surface area contributed by atoms with Crippen molar-refractivity contribution in [3.8, 4) is 0 Å². The van der Waals surface area contributed by atoms with Gasteiger partial charge in [-0.15, -0.1) is 10.2 Å². The predicted octanol–water partition coefficient (Wildman–Crippen LogP) is 1.36. The predicted molar refractivity (Wildman–Crippen MR) is 91.4 cm³/mol. The summed E-state index contributed by atoms with van der Waals surface area (Å²) in [7, 11) is 0. The van der Waals surface area contributed by atoms with Crippen molar-refractivity contribution in [3.63, 3.8) is 0 Å². The molecule has 1 aliphatic rings. The molecule has 1 fully saturated rings. The summed E-state index contributed by atoms with van der Waals surface area (Å²) < 4.78 is 0. The number of nitrogens with zero attached hydrogens (tertiary/aromatic N) is 4. The number of H-pyrrole nitrogens is 1. The highest BCUT2D eigenvalue weighted by molar-refractivity contribution is 5.59. The average molecular weight is 314 g/mol. The molecule has 2 aromatic rings. The minimum atomic E-state index is -0.229. The van der Waals surface area contributed by atoms with E-state index in [1.807, 2.05) is 12.1 Å². The van der Waals surface area contributed by atoms with Crippen LogP contribution in [0.15, 0.2) is 29.1 Å². The van der Waals surface area contributed by atoms with E-state index in [2.05, 4.69) is 49.4 Å². The molecule has 0 atom stereocenters. The second-order valence-corrected chi connectivity index (χ2v) is 5.68. The Hall–Kier alpha value is -2.41. The van der Waals surface area contributed by atoms with Gasteiger partial charge < -0.3 is 15.1 Å². The van der Waals surface area contributed by atoms with Crippen molar-refractivity contribution in [1.29, 1.82) is 0 Å². The van der Waals surface area contributed by atoms with Crippen LogP contribution in [-0.2, 0) is 0 Å². The van der Waals surface area contributed by atoms with Gasteiger partial charge in [-0.2, -0.15) is 0 Å². The number of anilines is 3. The van der Waals surface area contributed by atoms with Crippen LogP contribution < -0.4 is 15.8 Å². The van der Waals surface area contributed by atoms with Crippen LogP contribution in [0.4, 0.5) is 17.3 Å². The summed E-state index contributed by atoms with van der Waals surface area (Å²) in [5, 5.41) is 10.8. The lowest BCUT2D eigenvalue weighted by atomic mass is 10.2. The number of hydrogen-bond acceptors (Lipinski definition) is 6. The molecule has 23 heavy (non-hydrogen) atoms. The number of nitrogens with one attached hydrogen (secondary N) is 2. The van der Waals surface area contributed by atoms with E-state index < -0.39 is 0 Å². The van der Waals surface area contributed by atoms with E-state index in [0.29, 0.717) is 11.6 Å². The van der Waals surface area contributed by atoms with Crippen LogP contribution in [0.1, 0.15) is 12.6 Å². The van der Waals surface area contributed by atoms with E-state index in [0.717, 1.165) is 38.4 Å². The maximum atomic E-state index is 11.5. The van der Waals surface area contributed by atoms with Gasteiger partial charge in [-0.25, -0.2) is 0 Å². The first kappa shape index (κ1) is 15.5. The maximum absolute atomic E-state index is 11.5. The van der Waals surface area contributed by atoms with E-state index in [4.69, 9.17) is 0 Å². The third-order valence-corrected chi connectivity index (χ3v) is 4.18. The molecular weight excluding hydrogens is 292 g/mol. The van der Waals surface area contributed by atoms with Gasteiger partial charge in [0.25, 0.3) is 5.56 Å². The molecule has 122 valence electrons. The third-order valence-electron chi connectivity index (χ3n) is 4.18. The zero-order chi connectivity index (χ0) is 16.2. The standard InChI is InChI=1S/C16H22N6O/c1-3-21-8-10-22(11-9-21)14-6-4-13(5-7-14)17-16-18-15(23)12(2)19-20-16/h4-7H,3,8-11H2,1-2H3,(H2,17,18,20,23). The molecule has 2 heterocycles. The fourth-order valence-corrected chi connectivity index (χ4v) is 2.66. The van der Waals surface area contributed by atoms with E-state index in [-0.39, 0.29) is 5.56 Å². The van der Waals surface area contributed by atoms with Crippen LogP contribution in [0.25, 0.3) is 0 Å². The number of aryl methyl sites for hydroxylation is 1. The molecule has 0 spiro atoms. The first-order chi connectivity index (χ1) is 11.2. The molecule has 1 aliphatic heterocycles. The maximum Gasteiger partial charge on any atom is 0.273 e. The second kappa shape index (κ2) is 6.78. The Morgan fingerprint density at radius 1 is 1.13 bits per heavy atom. The van der Waals surface area contributed by atoms with Crippen molar-refractivity contribution < 1.29 is 0 Å². The largest absolute Gasteiger partial charge is 0.369 e. The number of likely N-dealkylation sites (N-methyl/N-ethyl adjacent to an activating group) is 1. The number of aromatic nitrogens is 3. The lowest BCUT2D eigenvalue weighted by Gasteiger charge is -2.35. The zero-order valence-corrected chi connectivity index (χ0v) is 13.5. The molecule has 0 radical (unpaired) electrons. The summed E-state index contributed by atoms with van der Waals surface area (Å²) in [6.45, 7) is 9.27. The van der Waals surface area contributed by atoms with Crippen LogP contribution in [0.3, 0.4) is 0 Å². The average Bonchev–Trinajstić information content (AvgIpc) is 2.59. The normalized spacial score (nSPS) is 15.7. The molecule has 1 aromatic carbocycles. The van der Waals surface area contributed by atoms with Crippen molar-refractivity contribution in [1.82, 2.24) is 20.1 Å². The molecule has 0 aliphatic carbocycles. The molecular formula is C16H22N6O. The third kappa shape index (κ3) is 3.68. The summed E-state index contributed by atoms with van der Waals surface area (Å²) in [5.41, 5.74) is 2.22. The molecule has 0 unspecified atom stereocenters. The fourth-order valence-electron chi connectivity index (χ4n) is 2.66.